The fourth-order valence-corrected chi connectivity index (χ4v) is 4.12. The highest BCUT2D eigenvalue weighted by molar-refractivity contribution is 5.76. The summed E-state index contributed by atoms with van der Waals surface area (Å²) in [6, 6.07) is 8.87. The van der Waals surface area contributed by atoms with Crippen LogP contribution in [0.1, 0.15) is 32.1 Å². The lowest BCUT2D eigenvalue weighted by Gasteiger charge is -2.19. The van der Waals surface area contributed by atoms with Crippen molar-refractivity contribution >= 4 is 23.9 Å². The number of fused-ring (bicyclic) bond motifs is 1. The summed E-state index contributed by atoms with van der Waals surface area (Å²) in [6.07, 6.45) is -2.63. The minimum absolute atomic E-state index is 0.0365. The van der Waals surface area contributed by atoms with Crippen LogP contribution in [0.25, 0.3) is 0 Å². The quantitative estimate of drug-likeness (QED) is 0.199. The molecule has 0 unspecified atom stereocenters. The summed E-state index contributed by atoms with van der Waals surface area (Å²) in [7, 11) is 0. The molecule has 2 saturated heterocycles. The van der Waals surface area contributed by atoms with Crippen molar-refractivity contribution in [1.82, 2.24) is 9.55 Å². The van der Waals surface area contributed by atoms with Gasteiger partial charge in [-0.1, -0.05) is 44.2 Å². The van der Waals surface area contributed by atoms with Crippen molar-refractivity contribution in [1.29, 1.82) is 0 Å². The number of anilines is 1. The van der Waals surface area contributed by atoms with Gasteiger partial charge in [0.2, 0.25) is 0 Å². The Morgan fingerprint density at radius 1 is 1.08 bits per heavy atom. The van der Waals surface area contributed by atoms with Crippen molar-refractivity contribution < 1.29 is 38.2 Å². The smallest absolute Gasteiger partial charge is 0.464 e. The summed E-state index contributed by atoms with van der Waals surface area (Å²) < 4.78 is 22.7. The van der Waals surface area contributed by atoms with Gasteiger partial charge in [-0.2, -0.15) is 4.98 Å². The summed E-state index contributed by atoms with van der Waals surface area (Å²) >= 11 is 0. The second kappa shape index (κ2) is 12.2. The second-order valence-electron chi connectivity index (χ2n) is 9.53. The molecule has 14 nitrogen and oxygen atoms in total. The van der Waals surface area contributed by atoms with Gasteiger partial charge in [-0.15, -0.1) is 0 Å². The van der Waals surface area contributed by atoms with Crippen molar-refractivity contribution in [3.05, 3.63) is 58.6 Å². The summed E-state index contributed by atoms with van der Waals surface area (Å²) in [5.41, 5.74) is 14.1. The second-order valence-corrected chi connectivity index (χ2v) is 9.53. The van der Waals surface area contributed by atoms with E-state index in [1.165, 1.54) is 12.3 Å². The Morgan fingerprint density at radius 3 is 2.49 bits per heavy atom. The fraction of sp³-hybridized carbons (Fsp3) is 0.480. The summed E-state index contributed by atoms with van der Waals surface area (Å²) in [5, 5.41) is 0. The van der Waals surface area contributed by atoms with Crippen LogP contribution < -0.4 is 22.6 Å². The van der Waals surface area contributed by atoms with Gasteiger partial charge in [-0.25, -0.2) is 19.9 Å². The maximum atomic E-state index is 12.8. The van der Waals surface area contributed by atoms with Gasteiger partial charge in [0.1, 0.15) is 18.2 Å². The van der Waals surface area contributed by atoms with Gasteiger partial charge < -0.3 is 35.3 Å². The first-order valence-corrected chi connectivity index (χ1v) is 12.4. The van der Waals surface area contributed by atoms with E-state index >= 15 is 0 Å². The lowest BCUT2D eigenvalue weighted by Crippen LogP contribution is -2.37. The maximum Gasteiger partial charge on any atom is 0.509 e. The van der Waals surface area contributed by atoms with E-state index in [1.54, 1.807) is 13.8 Å². The third-order valence-corrected chi connectivity index (χ3v) is 6.35. The number of hydrogen-bond acceptors (Lipinski definition) is 13. The highest BCUT2D eigenvalue weighted by Gasteiger charge is 2.55. The van der Waals surface area contributed by atoms with E-state index in [9.17, 15) is 19.2 Å². The Balaban J connectivity index is 1.35. The third kappa shape index (κ3) is 6.71. The van der Waals surface area contributed by atoms with Gasteiger partial charge in [0, 0.05) is 18.7 Å². The minimum Gasteiger partial charge on any atom is -0.464 e. The van der Waals surface area contributed by atoms with E-state index in [0.717, 1.165) is 10.1 Å². The fourth-order valence-electron chi connectivity index (χ4n) is 4.12. The molecule has 2 fully saturated rings. The number of nitrogens with one attached hydrogen (secondary N) is 1. The molecule has 2 aliphatic heterocycles. The van der Waals surface area contributed by atoms with Gasteiger partial charge in [-0.3, -0.25) is 9.36 Å². The number of aromatic nitrogens is 2. The maximum absolute atomic E-state index is 12.8. The number of hydrogen-bond donors (Lipinski definition) is 3. The molecule has 0 radical (unpaired) electrons. The van der Waals surface area contributed by atoms with Gasteiger partial charge in [0.25, 0.3) is 0 Å². The topological polar surface area (TPSA) is 196 Å². The molecule has 1 aromatic heterocycles. The van der Waals surface area contributed by atoms with Gasteiger partial charge in [0.15, 0.2) is 24.3 Å². The highest BCUT2D eigenvalue weighted by atomic mass is 16.8. The van der Waals surface area contributed by atoms with E-state index in [2.05, 4.69) is 10.5 Å². The number of carbonyl (C=O) groups excluding carboxylic acids is 3. The number of rotatable bonds is 11. The largest absolute Gasteiger partial charge is 0.509 e. The number of carbonyl (C=O) groups is 3. The molecule has 0 bridgehead atoms. The lowest BCUT2D eigenvalue weighted by molar-refractivity contribution is -0.148. The highest BCUT2D eigenvalue weighted by Crippen LogP contribution is 2.38. The number of ether oxygens (including phenoxy) is 4. The van der Waals surface area contributed by atoms with Crippen molar-refractivity contribution in [2.45, 2.75) is 63.3 Å². The minimum atomic E-state index is -1.05. The number of esters is 1. The first-order valence-electron chi connectivity index (χ1n) is 12.4. The molecule has 0 amide bonds. The summed E-state index contributed by atoms with van der Waals surface area (Å²) in [4.78, 5) is 57.7. The average molecular weight is 546 g/mol. The van der Waals surface area contributed by atoms with Crippen molar-refractivity contribution in [3.8, 4) is 0 Å². The number of benzene rings is 1. The van der Waals surface area contributed by atoms with Crippen LogP contribution in [0.2, 0.25) is 0 Å². The third-order valence-electron chi connectivity index (χ3n) is 6.35. The molecular weight excluding hydrogens is 514 g/mol. The standard InChI is InChI=1S/C25H31N5O9/c1-13(2)18(27)23(32)35-11-9-16-19-20(38-25(34)37-19)21(36-16)30-10-8-17(28-24(30)33)29-39-22(31)15(26)12-14-6-4-3-5-7-14/h3-8,10,13,15-16,18-21H,9,11-12,26-27H2,1-2H3,(H,28,29,33)/t15-,16+,18-,19+,20+,21+/m0/s1. The molecule has 210 valence electrons. The van der Waals surface area contributed by atoms with E-state index in [4.69, 9.17) is 35.3 Å². The summed E-state index contributed by atoms with van der Waals surface area (Å²) in [5.74, 6) is -1.43. The first kappa shape index (κ1) is 28.0. The Bertz CT molecular complexity index is 1240. The van der Waals surface area contributed by atoms with Crippen LogP contribution in [0.3, 0.4) is 0 Å². The molecule has 39 heavy (non-hydrogen) atoms. The molecule has 6 atom stereocenters. The molecule has 2 aliphatic rings. The number of nitrogens with zero attached hydrogens (tertiary/aromatic N) is 2. The van der Waals surface area contributed by atoms with Gasteiger partial charge >= 0.3 is 23.8 Å². The predicted molar refractivity (Wildman–Crippen MR) is 134 cm³/mol. The molecule has 14 heteroatoms. The van der Waals surface area contributed by atoms with E-state index in [1.807, 2.05) is 30.3 Å². The Kier molecular flexibility index (Phi) is 8.79. The molecule has 5 N–H and O–H groups in total. The van der Waals surface area contributed by atoms with Crippen LogP contribution in [-0.4, -0.2) is 64.6 Å². The van der Waals surface area contributed by atoms with Crippen LogP contribution in [0.5, 0.6) is 0 Å². The normalized spacial score (nSPS) is 23.4. The molecule has 0 spiro atoms. The zero-order valence-corrected chi connectivity index (χ0v) is 21.4. The zero-order valence-electron chi connectivity index (χ0n) is 21.4. The monoisotopic (exact) mass is 545 g/mol. The average Bonchev–Trinajstić information content (AvgIpc) is 3.45. The molecule has 0 saturated carbocycles. The van der Waals surface area contributed by atoms with Crippen LogP contribution in [-0.2, 0) is 39.8 Å². The van der Waals surface area contributed by atoms with Gasteiger partial charge in [-0.05, 0) is 17.9 Å². The lowest BCUT2D eigenvalue weighted by atomic mass is 10.1. The molecule has 0 aliphatic carbocycles. The Labute approximate surface area is 223 Å². The van der Waals surface area contributed by atoms with Crippen LogP contribution in [0, 0.1) is 5.92 Å². The zero-order chi connectivity index (χ0) is 28.1. The van der Waals surface area contributed by atoms with Crippen molar-refractivity contribution in [3.63, 3.8) is 0 Å². The molecule has 3 heterocycles. The Morgan fingerprint density at radius 2 is 1.79 bits per heavy atom. The predicted octanol–water partition coefficient (Wildman–Crippen LogP) is 0.401. The van der Waals surface area contributed by atoms with E-state index in [-0.39, 0.29) is 31.2 Å². The molecule has 1 aromatic carbocycles. The number of nitrogens with two attached hydrogens (primary N) is 2. The Hall–Kier alpha value is -4.01. The van der Waals surface area contributed by atoms with Crippen LogP contribution >= 0.6 is 0 Å². The van der Waals surface area contributed by atoms with Crippen molar-refractivity contribution in [2.24, 2.45) is 17.4 Å². The van der Waals surface area contributed by atoms with Crippen molar-refractivity contribution in [2.75, 3.05) is 12.1 Å². The first-order chi connectivity index (χ1) is 18.6. The van der Waals surface area contributed by atoms with E-state index in [0.29, 0.717) is 0 Å². The molecule has 4 rings (SSSR count). The molecular formula is C25H31N5O9. The summed E-state index contributed by atoms with van der Waals surface area (Å²) in [6.45, 7) is 3.56. The van der Waals surface area contributed by atoms with Gasteiger partial charge in [0.05, 0.1) is 6.61 Å². The van der Waals surface area contributed by atoms with Crippen LogP contribution in [0.4, 0.5) is 10.6 Å². The van der Waals surface area contributed by atoms with Crippen LogP contribution in [0.15, 0.2) is 47.4 Å². The SMILES string of the molecule is CC(C)[C@H](N)C(=O)OCC[C@H]1O[C@@H](n2ccc(NOC(=O)[C@@H](N)Cc3ccccc3)nc2=O)[C@@H]2OC(=O)O[C@@H]21. The molecule has 2 aromatic rings. The van der Waals surface area contributed by atoms with E-state index < -0.39 is 60.4 Å².